The van der Waals surface area contributed by atoms with E-state index in [0.717, 1.165) is 37.5 Å². The minimum Gasteiger partial charge on any atom is -0.462 e. The lowest BCUT2D eigenvalue weighted by Crippen LogP contribution is -2.67. The van der Waals surface area contributed by atoms with Crippen LogP contribution in [0.15, 0.2) is 22.9 Å². The zero-order valence-corrected chi connectivity index (χ0v) is 30.0. The van der Waals surface area contributed by atoms with Crippen molar-refractivity contribution in [3.63, 3.8) is 0 Å². The van der Waals surface area contributed by atoms with Gasteiger partial charge in [-0.25, -0.2) is 0 Å². The standard InChI is InChI=1S/C40H63NO4/c1-10-40-21-12-30-32(14-20-39(23-28(41-9)16-22-42)19-11-29(26(2)3)35(30)39)38(40,8)17-13-31-27(4)33(15-18-37(31,40)7)45-34(44)24-36(5,6)25-43/h16,22,25-27,30-33,41H,10-15,17-21,23-24H2,1-9H3/b28-16-. The van der Waals surface area contributed by atoms with Gasteiger partial charge in [-0.1, -0.05) is 66.5 Å². The van der Waals surface area contributed by atoms with E-state index in [1.54, 1.807) is 17.2 Å². The van der Waals surface area contributed by atoms with Crippen molar-refractivity contribution >= 4 is 18.5 Å². The third-order valence-electron chi connectivity index (χ3n) is 15.1. The van der Waals surface area contributed by atoms with E-state index in [9.17, 15) is 14.4 Å². The third kappa shape index (κ3) is 5.29. The molecule has 0 aromatic rings. The van der Waals surface area contributed by atoms with Crippen LogP contribution in [-0.2, 0) is 19.1 Å². The molecule has 5 heteroatoms. The second kappa shape index (κ2) is 12.3. The van der Waals surface area contributed by atoms with Crippen LogP contribution in [0.1, 0.15) is 139 Å². The van der Waals surface area contributed by atoms with Gasteiger partial charge in [-0.2, -0.15) is 0 Å². The molecule has 4 fully saturated rings. The first-order valence-corrected chi connectivity index (χ1v) is 18.4. The molecule has 0 aromatic heterocycles. The maximum absolute atomic E-state index is 12.9. The number of hydrogen-bond acceptors (Lipinski definition) is 5. The van der Waals surface area contributed by atoms with E-state index in [4.69, 9.17) is 4.74 Å². The molecule has 0 heterocycles. The van der Waals surface area contributed by atoms with Crippen molar-refractivity contribution in [2.24, 2.45) is 56.7 Å². The Balaban J connectivity index is 1.46. The van der Waals surface area contributed by atoms with Crippen LogP contribution in [0.5, 0.6) is 0 Å². The molecular formula is C40H63NO4. The van der Waals surface area contributed by atoms with Crippen LogP contribution in [0.25, 0.3) is 0 Å². The predicted octanol–water partition coefficient (Wildman–Crippen LogP) is 9.01. The number of carbonyl (C=O) groups excluding carboxylic acids is 3. The Morgan fingerprint density at radius 2 is 1.67 bits per heavy atom. The number of carbonyl (C=O) groups is 3. The first-order chi connectivity index (χ1) is 21.2. The fourth-order valence-electron chi connectivity index (χ4n) is 12.9. The number of esters is 1. The number of rotatable bonds is 10. The van der Waals surface area contributed by atoms with Crippen molar-refractivity contribution in [2.45, 2.75) is 145 Å². The highest BCUT2D eigenvalue weighted by Gasteiger charge is 2.70. The van der Waals surface area contributed by atoms with Crippen molar-refractivity contribution in [1.29, 1.82) is 0 Å². The molecular weight excluding hydrogens is 558 g/mol. The number of hydrogen-bond donors (Lipinski definition) is 1. The molecule has 0 saturated heterocycles. The Bertz CT molecular complexity index is 1230. The van der Waals surface area contributed by atoms with Crippen molar-refractivity contribution in [1.82, 2.24) is 5.32 Å². The molecule has 0 aliphatic heterocycles. The molecule has 252 valence electrons. The minimum atomic E-state index is -0.678. The van der Waals surface area contributed by atoms with Gasteiger partial charge in [0.25, 0.3) is 0 Å². The number of allylic oxidation sites excluding steroid dienone is 4. The summed E-state index contributed by atoms with van der Waals surface area (Å²) in [6.45, 7) is 18.6. The average molecular weight is 622 g/mol. The van der Waals surface area contributed by atoms with Crippen LogP contribution in [-0.4, -0.2) is 31.7 Å². The average Bonchev–Trinajstić information content (AvgIpc) is 3.38. The van der Waals surface area contributed by atoms with E-state index in [1.807, 2.05) is 20.9 Å². The second-order valence-electron chi connectivity index (χ2n) is 17.5. The summed E-state index contributed by atoms with van der Waals surface area (Å²) in [5.41, 5.74) is 4.91. The van der Waals surface area contributed by atoms with Gasteiger partial charge in [-0.05, 0) is 134 Å². The van der Waals surface area contributed by atoms with Crippen LogP contribution in [0.2, 0.25) is 0 Å². The van der Waals surface area contributed by atoms with E-state index in [-0.39, 0.29) is 40.2 Å². The maximum Gasteiger partial charge on any atom is 0.307 e. The highest BCUT2D eigenvalue weighted by atomic mass is 16.5. The molecule has 5 rings (SSSR count). The summed E-state index contributed by atoms with van der Waals surface area (Å²) in [6.07, 6.45) is 17.9. The Labute approximate surface area is 274 Å². The lowest BCUT2D eigenvalue weighted by atomic mass is 9.31. The summed E-state index contributed by atoms with van der Waals surface area (Å²) in [7, 11) is 1.97. The minimum absolute atomic E-state index is 0.0547. The number of fused-ring (bicyclic) bond motifs is 7. The highest BCUT2D eigenvalue weighted by molar-refractivity contribution is 5.75. The molecule has 4 saturated carbocycles. The fraction of sp³-hybridized carbons (Fsp3) is 0.825. The molecule has 5 nitrogen and oxygen atoms in total. The summed E-state index contributed by atoms with van der Waals surface area (Å²) >= 11 is 0. The Morgan fingerprint density at radius 3 is 2.29 bits per heavy atom. The molecule has 1 N–H and O–H groups in total. The lowest BCUT2D eigenvalue weighted by Gasteiger charge is -2.73. The Kier molecular flexibility index (Phi) is 9.39. The number of aldehydes is 2. The zero-order valence-electron chi connectivity index (χ0n) is 30.0. The van der Waals surface area contributed by atoms with Gasteiger partial charge in [0, 0.05) is 18.2 Å². The molecule has 9 atom stereocenters. The van der Waals surface area contributed by atoms with E-state index >= 15 is 0 Å². The molecule has 45 heavy (non-hydrogen) atoms. The highest BCUT2D eigenvalue weighted by Crippen LogP contribution is 2.78. The molecule has 0 bridgehead atoms. The predicted molar refractivity (Wildman–Crippen MR) is 181 cm³/mol. The summed E-state index contributed by atoms with van der Waals surface area (Å²) in [4.78, 5) is 35.9. The van der Waals surface area contributed by atoms with Crippen LogP contribution < -0.4 is 5.32 Å². The van der Waals surface area contributed by atoms with E-state index in [1.165, 1.54) is 57.8 Å². The second-order valence-corrected chi connectivity index (χ2v) is 17.5. The molecule has 0 radical (unpaired) electrons. The van der Waals surface area contributed by atoms with Crippen LogP contribution in [0.3, 0.4) is 0 Å². The normalized spacial score (nSPS) is 41.5. The van der Waals surface area contributed by atoms with Crippen LogP contribution in [0.4, 0.5) is 0 Å². The van der Waals surface area contributed by atoms with E-state index in [0.29, 0.717) is 29.6 Å². The summed E-state index contributed by atoms with van der Waals surface area (Å²) in [6, 6.07) is 0. The van der Waals surface area contributed by atoms with Gasteiger partial charge < -0.3 is 14.8 Å². The monoisotopic (exact) mass is 621 g/mol. The Morgan fingerprint density at radius 1 is 1.00 bits per heavy atom. The van der Waals surface area contributed by atoms with Crippen LogP contribution >= 0.6 is 0 Å². The smallest absolute Gasteiger partial charge is 0.307 e. The quantitative estimate of drug-likeness (QED) is 0.114. The lowest BCUT2D eigenvalue weighted by molar-refractivity contribution is -0.246. The summed E-state index contributed by atoms with van der Waals surface area (Å²) < 4.78 is 6.16. The van der Waals surface area contributed by atoms with Crippen LogP contribution in [0, 0.1) is 56.7 Å². The van der Waals surface area contributed by atoms with Gasteiger partial charge in [0.2, 0.25) is 0 Å². The van der Waals surface area contributed by atoms with Gasteiger partial charge in [0.05, 0.1) is 6.42 Å². The topological polar surface area (TPSA) is 72.5 Å². The largest absolute Gasteiger partial charge is 0.462 e. The van der Waals surface area contributed by atoms with Gasteiger partial charge in [-0.15, -0.1) is 0 Å². The first-order valence-electron chi connectivity index (χ1n) is 18.4. The first kappa shape index (κ1) is 34.4. The molecule has 5 aliphatic rings. The van der Waals surface area contributed by atoms with E-state index < -0.39 is 5.41 Å². The molecule has 0 aromatic carbocycles. The zero-order chi connectivity index (χ0) is 33.0. The van der Waals surface area contributed by atoms with Crippen molar-refractivity contribution in [3.05, 3.63) is 22.9 Å². The Hall–Kier alpha value is -1.91. The van der Waals surface area contributed by atoms with Crippen molar-refractivity contribution in [3.8, 4) is 0 Å². The summed E-state index contributed by atoms with van der Waals surface area (Å²) in [5, 5.41) is 3.37. The molecule has 0 amide bonds. The van der Waals surface area contributed by atoms with Gasteiger partial charge in [0.15, 0.2) is 0 Å². The number of nitrogens with one attached hydrogen (secondary N) is 1. The van der Waals surface area contributed by atoms with Crippen molar-refractivity contribution in [2.75, 3.05) is 7.05 Å². The van der Waals surface area contributed by atoms with Gasteiger partial charge in [0.1, 0.15) is 18.7 Å². The summed E-state index contributed by atoms with van der Waals surface area (Å²) in [5.74, 6) is 2.56. The molecule has 5 aliphatic carbocycles. The SMILES string of the molecule is CCC12CCC3C4=C(C(C)C)CCC4(C/C(=C/C=O)NC)CCC3C1(C)CCC1C(C)C(OC(=O)CC(C)(C)C=O)CCC12C. The molecule has 9 unspecified atom stereocenters. The fourth-order valence-corrected chi connectivity index (χ4v) is 12.9. The van der Waals surface area contributed by atoms with Crippen molar-refractivity contribution < 1.29 is 19.1 Å². The third-order valence-corrected chi connectivity index (χ3v) is 15.1. The number of ether oxygens (including phenoxy) is 1. The van der Waals surface area contributed by atoms with Gasteiger partial charge >= 0.3 is 5.97 Å². The van der Waals surface area contributed by atoms with E-state index in [2.05, 4.69) is 46.9 Å². The maximum atomic E-state index is 12.9. The molecule has 0 spiro atoms. The van der Waals surface area contributed by atoms with Gasteiger partial charge in [-0.3, -0.25) is 9.59 Å².